The second kappa shape index (κ2) is 6.43. The van der Waals surface area contributed by atoms with E-state index >= 15 is 0 Å². The Bertz CT molecular complexity index is 690. The second-order valence-corrected chi connectivity index (χ2v) is 10.7. The minimum absolute atomic E-state index is 0.0315. The highest BCUT2D eigenvalue weighted by Gasteiger charge is 2.43. The molecule has 3 N–H and O–H groups in total. The fourth-order valence-electron chi connectivity index (χ4n) is 4.15. The second-order valence-electron chi connectivity index (χ2n) is 9.03. The zero-order valence-corrected chi connectivity index (χ0v) is 16.9. The maximum Gasteiger partial charge on any atom is 0.241 e. The third-order valence-electron chi connectivity index (χ3n) is 4.82. The van der Waals surface area contributed by atoms with Crippen molar-refractivity contribution in [3.63, 3.8) is 0 Å². The van der Waals surface area contributed by atoms with Gasteiger partial charge in [-0.3, -0.25) is 0 Å². The van der Waals surface area contributed by atoms with Gasteiger partial charge in [-0.15, -0.1) is 0 Å². The topological polar surface area (TPSA) is 62.8 Å². The van der Waals surface area contributed by atoms with Gasteiger partial charge in [0.25, 0.3) is 0 Å². The van der Waals surface area contributed by atoms with Crippen LogP contribution in [0.4, 0.5) is 0 Å². The lowest BCUT2D eigenvalue weighted by Gasteiger charge is -2.43. The number of aryl methyl sites for hydroxylation is 1. The molecule has 0 unspecified atom stereocenters. The largest absolute Gasteiger partial charge is 0.337 e. The highest BCUT2D eigenvalue weighted by molar-refractivity contribution is 7.89. The van der Waals surface area contributed by atoms with Crippen LogP contribution in [0.15, 0.2) is 23.1 Å². The lowest BCUT2D eigenvalue weighted by molar-refractivity contribution is -0.787. The van der Waals surface area contributed by atoms with Gasteiger partial charge in [-0.25, -0.2) is 13.1 Å². The molecule has 1 heterocycles. The van der Waals surface area contributed by atoms with Crippen molar-refractivity contribution in [2.24, 2.45) is 0 Å². The van der Waals surface area contributed by atoms with Crippen molar-refractivity contribution in [3.8, 4) is 0 Å². The molecule has 1 fully saturated rings. The maximum atomic E-state index is 13.0. The Balaban J connectivity index is 2.30. The average Bonchev–Trinajstić information content (AvgIpc) is 2.33. The molecule has 24 heavy (non-hydrogen) atoms. The Kier molecular flexibility index (Phi) is 5.20. The monoisotopic (exact) mass is 353 g/mol. The van der Waals surface area contributed by atoms with Crippen molar-refractivity contribution in [1.29, 1.82) is 0 Å². The molecule has 0 radical (unpaired) electrons. The van der Waals surface area contributed by atoms with Gasteiger partial charge in [0.05, 0.1) is 16.0 Å². The molecule has 1 aliphatic heterocycles. The van der Waals surface area contributed by atoms with Crippen LogP contribution in [0, 0.1) is 6.92 Å². The molecule has 1 saturated heterocycles. The highest BCUT2D eigenvalue weighted by atomic mass is 32.2. The zero-order chi connectivity index (χ0) is 18.3. The molecule has 0 aliphatic carbocycles. The lowest BCUT2D eigenvalue weighted by atomic mass is 9.80. The number of hydrogen-bond donors (Lipinski definition) is 2. The van der Waals surface area contributed by atoms with Crippen LogP contribution in [0.25, 0.3) is 0 Å². The van der Waals surface area contributed by atoms with Crippen molar-refractivity contribution in [2.45, 2.75) is 89.2 Å². The van der Waals surface area contributed by atoms with Gasteiger partial charge in [-0.05, 0) is 57.7 Å². The molecular formula is C19H33N2O2S+. The summed E-state index contributed by atoms with van der Waals surface area (Å²) in [6, 6.07) is 5.72. The van der Waals surface area contributed by atoms with Crippen molar-refractivity contribution >= 4 is 10.0 Å². The van der Waals surface area contributed by atoms with Crippen molar-refractivity contribution < 1.29 is 13.7 Å². The molecule has 0 aromatic heterocycles. The number of rotatable bonds is 4. The van der Waals surface area contributed by atoms with E-state index in [4.69, 9.17) is 0 Å². The van der Waals surface area contributed by atoms with E-state index in [-0.39, 0.29) is 17.1 Å². The summed E-state index contributed by atoms with van der Waals surface area (Å²) in [5.74, 6) is 0.307. The third-order valence-corrected chi connectivity index (χ3v) is 6.48. The number of nitrogens with one attached hydrogen (secondary N) is 1. The van der Waals surface area contributed by atoms with Crippen molar-refractivity contribution in [2.75, 3.05) is 0 Å². The Morgan fingerprint density at radius 1 is 1.12 bits per heavy atom. The molecule has 1 aromatic carbocycles. The summed E-state index contributed by atoms with van der Waals surface area (Å²) in [5, 5.41) is 2.36. The van der Waals surface area contributed by atoms with Gasteiger partial charge >= 0.3 is 0 Å². The average molecular weight is 354 g/mol. The number of piperidine rings is 1. The third kappa shape index (κ3) is 4.58. The molecule has 1 aromatic rings. The molecule has 0 saturated carbocycles. The van der Waals surface area contributed by atoms with Gasteiger partial charge in [0.1, 0.15) is 0 Å². The summed E-state index contributed by atoms with van der Waals surface area (Å²) in [5.41, 5.74) is 1.92. The lowest BCUT2D eigenvalue weighted by Crippen LogP contribution is -3.06. The summed E-state index contributed by atoms with van der Waals surface area (Å²) >= 11 is 0. The summed E-state index contributed by atoms with van der Waals surface area (Å²) in [4.78, 5) is 0.416. The van der Waals surface area contributed by atoms with E-state index in [9.17, 15) is 8.42 Å². The first-order valence-corrected chi connectivity index (χ1v) is 10.3. The highest BCUT2D eigenvalue weighted by Crippen LogP contribution is 2.26. The number of benzene rings is 1. The normalized spacial score (nSPS) is 21.2. The Hall–Kier alpha value is -0.910. The first-order chi connectivity index (χ1) is 10.8. The summed E-state index contributed by atoms with van der Waals surface area (Å²) in [6.07, 6.45) is 1.66. The van der Waals surface area contributed by atoms with Gasteiger partial charge in [-0.1, -0.05) is 26.0 Å². The minimum Gasteiger partial charge on any atom is -0.337 e. The van der Waals surface area contributed by atoms with Crippen LogP contribution in [-0.2, 0) is 10.0 Å². The van der Waals surface area contributed by atoms with Crippen LogP contribution in [0.3, 0.4) is 0 Å². The molecule has 0 bridgehead atoms. The van der Waals surface area contributed by atoms with E-state index in [1.54, 1.807) is 0 Å². The van der Waals surface area contributed by atoms with Gasteiger partial charge in [-0.2, -0.15) is 0 Å². The molecule has 0 amide bonds. The smallest absolute Gasteiger partial charge is 0.241 e. The predicted molar refractivity (Wildman–Crippen MR) is 98.7 cm³/mol. The van der Waals surface area contributed by atoms with Gasteiger partial charge in [0, 0.05) is 18.9 Å². The molecule has 4 nitrogen and oxygen atoms in total. The standard InChI is InChI=1S/C19H32N2O2S/c1-13(2)15-9-8-14(3)17(10-15)24(22,23)20-16-11-18(4,5)21-19(6,7)12-16/h8-10,13,16,20-21H,11-12H2,1-7H3/p+1. The van der Waals surface area contributed by atoms with Crippen LogP contribution in [0.5, 0.6) is 0 Å². The molecule has 136 valence electrons. The van der Waals surface area contributed by atoms with E-state index in [1.165, 1.54) is 0 Å². The van der Waals surface area contributed by atoms with E-state index in [0.29, 0.717) is 10.8 Å². The van der Waals surface area contributed by atoms with E-state index in [2.05, 4.69) is 51.6 Å². The number of quaternary nitrogens is 1. The Morgan fingerprint density at radius 2 is 1.67 bits per heavy atom. The van der Waals surface area contributed by atoms with E-state index < -0.39 is 10.0 Å². The first kappa shape index (κ1) is 19.4. The van der Waals surface area contributed by atoms with Gasteiger partial charge in [0.15, 0.2) is 0 Å². The molecule has 0 spiro atoms. The summed E-state index contributed by atoms with van der Waals surface area (Å²) in [7, 11) is -3.51. The van der Waals surface area contributed by atoms with Crippen LogP contribution in [-0.4, -0.2) is 25.5 Å². The minimum atomic E-state index is -3.51. The van der Waals surface area contributed by atoms with Crippen molar-refractivity contribution in [3.05, 3.63) is 29.3 Å². The van der Waals surface area contributed by atoms with Crippen LogP contribution in [0.2, 0.25) is 0 Å². The molecule has 2 rings (SSSR count). The van der Waals surface area contributed by atoms with Gasteiger partial charge < -0.3 is 5.32 Å². The van der Waals surface area contributed by atoms with Gasteiger partial charge in [0.2, 0.25) is 10.0 Å². The molecule has 1 aliphatic rings. The fraction of sp³-hybridized carbons (Fsp3) is 0.684. The number of hydrogen-bond acceptors (Lipinski definition) is 2. The molecule has 0 atom stereocenters. The van der Waals surface area contributed by atoms with Crippen LogP contribution >= 0.6 is 0 Å². The molecule has 5 heteroatoms. The number of nitrogens with two attached hydrogens (primary N) is 1. The SMILES string of the molecule is Cc1ccc(C(C)C)cc1S(=O)(=O)NC1CC(C)(C)[NH2+]C(C)(C)C1. The number of sulfonamides is 1. The fourth-order valence-corrected chi connectivity index (χ4v) is 5.67. The predicted octanol–water partition coefficient (Wildman–Crippen LogP) is 2.68. The van der Waals surface area contributed by atoms with Crippen molar-refractivity contribution in [1.82, 2.24) is 4.72 Å². The molecular weight excluding hydrogens is 320 g/mol. The first-order valence-electron chi connectivity index (χ1n) is 8.81. The van der Waals surface area contributed by atoms with E-state index in [0.717, 1.165) is 24.0 Å². The van der Waals surface area contributed by atoms with Crippen LogP contribution in [0.1, 0.15) is 71.4 Å². The quantitative estimate of drug-likeness (QED) is 0.874. The summed E-state index contributed by atoms with van der Waals surface area (Å²) in [6.45, 7) is 14.7. The zero-order valence-electron chi connectivity index (χ0n) is 16.1. The Labute approximate surface area is 147 Å². The Morgan fingerprint density at radius 3 is 2.17 bits per heavy atom. The maximum absolute atomic E-state index is 13.0. The van der Waals surface area contributed by atoms with E-state index in [1.807, 2.05) is 25.1 Å². The van der Waals surface area contributed by atoms with Crippen LogP contribution < -0.4 is 10.0 Å². The summed E-state index contributed by atoms with van der Waals surface area (Å²) < 4.78 is 29.0.